The van der Waals surface area contributed by atoms with Crippen molar-refractivity contribution in [2.45, 2.75) is 6.54 Å². The van der Waals surface area contributed by atoms with Crippen LogP contribution in [0.4, 0.5) is 0 Å². The zero-order valence-electron chi connectivity index (χ0n) is 18.4. The Balaban J connectivity index is 1.77. The van der Waals surface area contributed by atoms with Crippen LogP contribution in [-0.4, -0.2) is 45.7 Å². The number of hydrogen-bond donors (Lipinski definition) is 0. The molecule has 1 amide bonds. The van der Waals surface area contributed by atoms with Gasteiger partial charge in [-0.05, 0) is 29.8 Å². The molecule has 0 bridgehead atoms. The summed E-state index contributed by atoms with van der Waals surface area (Å²) in [5.41, 5.74) is 3.54. The maximum absolute atomic E-state index is 12.9. The second-order valence-electron chi connectivity index (χ2n) is 7.27. The molecule has 8 heteroatoms. The van der Waals surface area contributed by atoms with E-state index in [-0.39, 0.29) is 5.91 Å². The Hall–Kier alpha value is -3.36. The van der Waals surface area contributed by atoms with E-state index in [1.165, 1.54) is 11.8 Å². The van der Waals surface area contributed by atoms with Crippen LogP contribution in [0.25, 0.3) is 17.3 Å². The zero-order valence-corrected chi connectivity index (χ0v) is 20.0. The summed E-state index contributed by atoms with van der Waals surface area (Å²) in [4.78, 5) is 15.0. The minimum absolute atomic E-state index is 0.126. The second-order valence-corrected chi connectivity index (χ2v) is 8.94. The van der Waals surface area contributed by atoms with Gasteiger partial charge in [-0.3, -0.25) is 14.4 Å². The highest BCUT2D eigenvalue weighted by atomic mass is 32.2. The second kappa shape index (κ2) is 10.1. The van der Waals surface area contributed by atoms with Crippen LogP contribution in [-0.2, 0) is 11.3 Å². The van der Waals surface area contributed by atoms with Gasteiger partial charge >= 0.3 is 0 Å². The molecule has 1 aromatic heterocycles. The van der Waals surface area contributed by atoms with E-state index in [1.54, 1.807) is 25.2 Å². The molecule has 2 heterocycles. The van der Waals surface area contributed by atoms with Gasteiger partial charge in [0, 0.05) is 23.9 Å². The number of carbonyl (C=O) groups is 1. The average Bonchev–Trinajstić information content (AvgIpc) is 3.34. The number of benzene rings is 2. The van der Waals surface area contributed by atoms with Crippen molar-refractivity contribution >= 4 is 40.3 Å². The molecule has 4 rings (SSSR count). The van der Waals surface area contributed by atoms with Gasteiger partial charge in [0.15, 0.2) is 11.5 Å². The van der Waals surface area contributed by atoms with E-state index in [9.17, 15) is 4.79 Å². The van der Waals surface area contributed by atoms with E-state index in [2.05, 4.69) is 18.7 Å². The number of thiocarbonyl (C=S) groups is 1. The van der Waals surface area contributed by atoms with Crippen molar-refractivity contribution in [3.63, 3.8) is 0 Å². The van der Waals surface area contributed by atoms with Crippen LogP contribution < -0.4 is 9.47 Å². The summed E-state index contributed by atoms with van der Waals surface area (Å²) in [6.45, 7) is 4.70. The van der Waals surface area contributed by atoms with Gasteiger partial charge in [0.25, 0.3) is 5.91 Å². The Labute approximate surface area is 202 Å². The molecule has 1 aliphatic heterocycles. The summed E-state index contributed by atoms with van der Waals surface area (Å²) in [5, 5.41) is 4.84. The first kappa shape index (κ1) is 22.8. The third kappa shape index (κ3) is 4.86. The van der Waals surface area contributed by atoms with E-state index in [1.807, 2.05) is 53.4 Å². The van der Waals surface area contributed by atoms with Gasteiger partial charge in [-0.1, -0.05) is 60.4 Å². The van der Waals surface area contributed by atoms with Crippen molar-refractivity contribution in [3.05, 3.63) is 83.4 Å². The number of carbonyl (C=O) groups excluding carboxylic acids is 1. The topological polar surface area (TPSA) is 56.6 Å². The number of rotatable bonds is 8. The predicted octanol–water partition coefficient (Wildman–Crippen LogP) is 5.00. The monoisotopic (exact) mass is 477 g/mol. The van der Waals surface area contributed by atoms with E-state index < -0.39 is 0 Å². The highest BCUT2D eigenvalue weighted by Crippen LogP contribution is 2.36. The lowest BCUT2D eigenvalue weighted by atomic mass is 10.1. The van der Waals surface area contributed by atoms with Crippen LogP contribution in [0.2, 0.25) is 0 Å². The summed E-state index contributed by atoms with van der Waals surface area (Å²) < 4.78 is 13.2. The molecule has 0 radical (unpaired) electrons. The standard InChI is InChI=1S/C25H23N3O3S2/c1-4-12-28-24(29)22(33-25(28)32)14-19-16-27(15-17-8-6-5-7-9-17)26-23(19)18-10-11-20(30-2)21(13-18)31-3/h4-11,13-14,16H,1,12,15H2,2-3H3/b22-14-. The fraction of sp³-hybridized carbons (Fsp3) is 0.160. The Kier molecular flexibility index (Phi) is 6.96. The number of ether oxygens (including phenoxy) is 2. The summed E-state index contributed by atoms with van der Waals surface area (Å²) in [7, 11) is 3.20. The largest absolute Gasteiger partial charge is 0.493 e. The molecule has 0 unspecified atom stereocenters. The van der Waals surface area contributed by atoms with Crippen molar-refractivity contribution in [1.29, 1.82) is 0 Å². The quantitative estimate of drug-likeness (QED) is 0.258. The number of amides is 1. The molecule has 0 spiro atoms. The lowest BCUT2D eigenvalue weighted by Gasteiger charge is -2.10. The summed E-state index contributed by atoms with van der Waals surface area (Å²) >= 11 is 6.67. The molecule has 33 heavy (non-hydrogen) atoms. The molecule has 2 aromatic carbocycles. The first-order valence-corrected chi connectivity index (χ1v) is 11.5. The molecule has 1 fully saturated rings. The zero-order chi connectivity index (χ0) is 23.4. The minimum atomic E-state index is -0.126. The molecule has 168 valence electrons. The lowest BCUT2D eigenvalue weighted by molar-refractivity contribution is -0.121. The van der Waals surface area contributed by atoms with Gasteiger partial charge < -0.3 is 9.47 Å². The molecular weight excluding hydrogens is 454 g/mol. The van der Waals surface area contributed by atoms with E-state index in [0.717, 1.165) is 22.4 Å². The third-order valence-electron chi connectivity index (χ3n) is 5.11. The average molecular weight is 478 g/mol. The fourth-order valence-electron chi connectivity index (χ4n) is 3.53. The van der Waals surface area contributed by atoms with Crippen LogP contribution in [0.1, 0.15) is 11.1 Å². The number of hydrogen-bond acceptors (Lipinski definition) is 6. The van der Waals surface area contributed by atoms with Crippen molar-refractivity contribution in [2.24, 2.45) is 0 Å². The molecule has 0 aliphatic carbocycles. The summed E-state index contributed by atoms with van der Waals surface area (Å²) in [5.74, 6) is 1.12. The van der Waals surface area contributed by atoms with Crippen molar-refractivity contribution < 1.29 is 14.3 Å². The van der Waals surface area contributed by atoms with Crippen molar-refractivity contribution in [2.75, 3.05) is 20.8 Å². The number of nitrogens with zero attached hydrogens (tertiary/aromatic N) is 3. The predicted molar refractivity (Wildman–Crippen MR) is 136 cm³/mol. The first-order chi connectivity index (χ1) is 16.0. The number of thioether (sulfide) groups is 1. The molecule has 6 nitrogen and oxygen atoms in total. The minimum Gasteiger partial charge on any atom is -0.493 e. The molecule has 0 N–H and O–H groups in total. The van der Waals surface area contributed by atoms with Crippen molar-refractivity contribution in [1.82, 2.24) is 14.7 Å². The normalized spacial score (nSPS) is 14.7. The van der Waals surface area contributed by atoms with Gasteiger partial charge in [-0.25, -0.2) is 0 Å². The summed E-state index contributed by atoms with van der Waals surface area (Å²) in [6, 6.07) is 15.7. The Morgan fingerprint density at radius 1 is 1.12 bits per heavy atom. The Morgan fingerprint density at radius 3 is 2.58 bits per heavy atom. The Bertz CT molecular complexity index is 1230. The van der Waals surface area contributed by atoms with Gasteiger partial charge in [-0.2, -0.15) is 5.10 Å². The van der Waals surface area contributed by atoms with E-state index >= 15 is 0 Å². The van der Waals surface area contributed by atoms with Gasteiger partial charge in [-0.15, -0.1) is 6.58 Å². The van der Waals surface area contributed by atoms with Gasteiger partial charge in [0.1, 0.15) is 4.32 Å². The molecular formula is C25H23N3O3S2. The highest BCUT2D eigenvalue weighted by molar-refractivity contribution is 8.26. The Morgan fingerprint density at radius 2 is 1.88 bits per heavy atom. The van der Waals surface area contributed by atoms with Crippen molar-refractivity contribution in [3.8, 4) is 22.8 Å². The molecule has 0 saturated carbocycles. The molecule has 1 aliphatic rings. The van der Waals surface area contributed by atoms with Crippen LogP contribution in [0.5, 0.6) is 11.5 Å². The van der Waals surface area contributed by atoms with Gasteiger partial charge in [0.2, 0.25) is 0 Å². The van der Waals surface area contributed by atoms with Crippen LogP contribution >= 0.6 is 24.0 Å². The van der Waals surface area contributed by atoms with Gasteiger partial charge in [0.05, 0.1) is 31.4 Å². The summed E-state index contributed by atoms with van der Waals surface area (Å²) in [6.07, 6.45) is 5.46. The van der Waals surface area contributed by atoms with E-state index in [0.29, 0.717) is 33.8 Å². The van der Waals surface area contributed by atoms with Crippen LogP contribution in [0.15, 0.2) is 72.3 Å². The smallest absolute Gasteiger partial charge is 0.266 e. The molecule has 3 aromatic rings. The number of aromatic nitrogens is 2. The third-order valence-corrected chi connectivity index (χ3v) is 6.48. The van der Waals surface area contributed by atoms with E-state index in [4.69, 9.17) is 26.8 Å². The molecule has 0 atom stereocenters. The molecule has 1 saturated heterocycles. The first-order valence-electron chi connectivity index (χ1n) is 10.2. The highest BCUT2D eigenvalue weighted by Gasteiger charge is 2.31. The lowest BCUT2D eigenvalue weighted by Crippen LogP contribution is -2.27. The maximum atomic E-state index is 12.9. The SMILES string of the molecule is C=CCN1C(=O)/C(=C/c2cn(Cc3ccccc3)nc2-c2ccc(OC)c(OC)c2)SC1=S. The van der Waals surface area contributed by atoms with Crippen LogP contribution in [0.3, 0.4) is 0 Å². The number of methoxy groups -OCH3 is 2. The van der Waals surface area contributed by atoms with Crippen LogP contribution in [0, 0.1) is 0 Å². The maximum Gasteiger partial charge on any atom is 0.266 e. The fourth-order valence-corrected chi connectivity index (χ4v) is 4.80.